The molecular formula is C30H22BNO2. The molecule has 0 aliphatic carbocycles. The molecule has 6 rings (SSSR count). The first-order valence-corrected chi connectivity index (χ1v) is 11.4. The van der Waals surface area contributed by atoms with Crippen LogP contribution >= 0.6 is 0 Å². The summed E-state index contributed by atoms with van der Waals surface area (Å²) in [7, 11) is -1.56. The molecule has 0 radical (unpaired) electrons. The van der Waals surface area contributed by atoms with Gasteiger partial charge in [0.15, 0.2) is 0 Å². The second kappa shape index (κ2) is 8.34. The Kier molecular flexibility index (Phi) is 5.03. The molecule has 0 saturated heterocycles. The molecule has 4 heteroatoms. The molecule has 0 aliphatic heterocycles. The number of aromatic nitrogens is 1. The molecule has 0 bridgehead atoms. The quantitative estimate of drug-likeness (QED) is 0.341. The van der Waals surface area contributed by atoms with Crippen molar-refractivity contribution < 1.29 is 10.0 Å². The van der Waals surface area contributed by atoms with Crippen LogP contribution in [0.25, 0.3) is 49.7 Å². The summed E-state index contributed by atoms with van der Waals surface area (Å²) in [6.07, 6.45) is 0. The highest BCUT2D eigenvalue weighted by molar-refractivity contribution is 6.60. The lowest BCUT2D eigenvalue weighted by Crippen LogP contribution is -2.33. The number of rotatable bonds is 4. The minimum Gasteiger partial charge on any atom is -0.423 e. The molecule has 0 amide bonds. The maximum atomic E-state index is 10.1. The van der Waals surface area contributed by atoms with Gasteiger partial charge >= 0.3 is 7.12 Å². The highest BCUT2D eigenvalue weighted by Gasteiger charge is 2.21. The van der Waals surface area contributed by atoms with Gasteiger partial charge < -0.3 is 14.6 Å². The topological polar surface area (TPSA) is 45.4 Å². The molecule has 5 aromatic carbocycles. The molecule has 0 atom stereocenters. The molecule has 162 valence electrons. The summed E-state index contributed by atoms with van der Waals surface area (Å²) in [6, 6.07) is 41.1. The van der Waals surface area contributed by atoms with E-state index < -0.39 is 7.12 Å². The molecule has 2 N–H and O–H groups in total. The van der Waals surface area contributed by atoms with Gasteiger partial charge in [-0.25, -0.2) is 0 Å². The van der Waals surface area contributed by atoms with Gasteiger partial charge in [-0.3, -0.25) is 0 Å². The van der Waals surface area contributed by atoms with E-state index >= 15 is 0 Å². The van der Waals surface area contributed by atoms with Gasteiger partial charge in [-0.1, -0.05) is 91.0 Å². The number of para-hydroxylation sites is 1. The third-order valence-corrected chi connectivity index (χ3v) is 6.44. The van der Waals surface area contributed by atoms with Gasteiger partial charge in [-0.05, 0) is 52.6 Å². The minimum absolute atomic E-state index is 0.473. The van der Waals surface area contributed by atoms with Crippen molar-refractivity contribution in [3.8, 4) is 27.9 Å². The summed E-state index contributed by atoms with van der Waals surface area (Å²) in [5.41, 5.74) is 7.89. The highest BCUT2D eigenvalue weighted by Crippen LogP contribution is 2.36. The molecule has 0 fully saturated rings. The number of fused-ring (bicyclic) bond motifs is 3. The van der Waals surface area contributed by atoms with Crippen molar-refractivity contribution in [2.45, 2.75) is 0 Å². The zero-order chi connectivity index (χ0) is 23.1. The number of hydrogen-bond acceptors (Lipinski definition) is 2. The lowest BCUT2D eigenvalue weighted by molar-refractivity contribution is 0.425. The van der Waals surface area contributed by atoms with E-state index in [1.54, 1.807) is 6.07 Å². The monoisotopic (exact) mass is 439 g/mol. The van der Waals surface area contributed by atoms with E-state index in [2.05, 4.69) is 89.5 Å². The Balaban J connectivity index is 1.69. The van der Waals surface area contributed by atoms with E-state index in [1.807, 2.05) is 30.3 Å². The van der Waals surface area contributed by atoms with E-state index in [9.17, 15) is 10.0 Å². The van der Waals surface area contributed by atoms with Gasteiger partial charge in [-0.2, -0.15) is 0 Å². The lowest BCUT2D eigenvalue weighted by Gasteiger charge is -2.13. The van der Waals surface area contributed by atoms with Crippen molar-refractivity contribution in [3.63, 3.8) is 0 Å². The molecule has 3 nitrogen and oxygen atoms in total. The van der Waals surface area contributed by atoms with Crippen molar-refractivity contribution >= 4 is 34.4 Å². The third-order valence-electron chi connectivity index (χ3n) is 6.44. The largest absolute Gasteiger partial charge is 0.490 e. The van der Waals surface area contributed by atoms with Crippen molar-refractivity contribution in [2.75, 3.05) is 0 Å². The standard InChI is InChI=1S/C30H22BNO2/c33-31(34)27-13-7-8-14-30(27)32-28-17-15-23(21-9-3-1-4-10-21)19-25(28)26-20-24(16-18-29(26)32)22-11-5-2-6-12-22/h1-20,33-34H. The Morgan fingerprint density at radius 3 is 1.44 bits per heavy atom. The second-order valence-corrected chi connectivity index (χ2v) is 8.46. The molecule has 0 unspecified atom stereocenters. The summed E-state index contributed by atoms with van der Waals surface area (Å²) in [5, 5.41) is 22.4. The maximum Gasteiger partial charge on any atom is 0.490 e. The van der Waals surface area contributed by atoms with Gasteiger partial charge in [0, 0.05) is 21.9 Å². The average Bonchev–Trinajstić information content (AvgIpc) is 3.22. The van der Waals surface area contributed by atoms with Gasteiger partial charge in [0.05, 0.1) is 11.0 Å². The van der Waals surface area contributed by atoms with Gasteiger partial charge in [0.1, 0.15) is 0 Å². The van der Waals surface area contributed by atoms with Crippen LogP contribution in [0.15, 0.2) is 121 Å². The zero-order valence-corrected chi connectivity index (χ0v) is 18.5. The van der Waals surface area contributed by atoms with Crippen molar-refractivity contribution in [3.05, 3.63) is 121 Å². The molecule has 1 heterocycles. The first-order chi connectivity index (χ1) is 16.7. The summed E-state index contributed by atoms with van der Waals surface area (Å²) >= 11 is 0. The van der Waals surface area contributed by atoms with Crippen LogP contribution in [-0.2, 0) is 0 Å². The predicted molar refractivity (Wildman–Crippen MR) is 141 cm³/mol. The van der Waals surface area contributed by atoms with Crippen LogP contribution < -0.4 is 5.46 Å². The van der Waals surface area contributed by atoms with E-state index in [4.69, 9.17) is 0 Å². The number of hydrogen-bond donors (Lipinski definition) is 2. The Labute approximate surface area is 198 Å². The summed E-state index contributed by atoms with van der Waals surface area (Å²) in [5.74, 6) is 0. The molecule has 34 heavy (non-hydrogen) atoms. The molecule has 0 aliphatic rings. The van der Waals surface area contributed by atoms with Crippen LogP contribution in [0.4, 0.5) is 0 Å². The molecule has 0 spiro atoms. The number of nitrogens with zero attached hydrogens (tertiary/aromatic N) is 1. The van der Waals surface area contributed by atoms with Crippen LogP contribution in [-0.4, -0.2) is 21.7 Å². The fourth-order valence-electron chi connectivity index (χ4n) is 4.81. The van der Waals surface area contributed by atoms with Crippen molar-refractivity contribution in [1.29, 1.82) is 0 Å². The van der Waals surface area contributed by atoms with Crippen LogP contribution in [0, 0.1) is 0 Å². The Morgan fingerprint density at radius 2 is 0.941 bits per heavy atom. The minimum atomic E-state index is -1.56. The van der Waals surface area contributed by atoms with E-state index in [0.29, 0.717) is 5.46 Å². The van der Waals surface area contributed by atoms with Crippen LogP contribution in [0.3, 0.4) is 0 Å². The van der Waals surface area contributed by atoms with E-state index in [0.717, 1.165) is 49.7 Å². The first kappa shape index (κ1) is 20.5. The van der Waals surface area contributed by atoms with Crippen LogP contribution in [0.2, 0.25) is 0 Å². The van der Waals surface area contributed by atoms with E-state index in [-0.39, 0.29) is 0 Å². The lowest BCUT2D eigenvalue weighted by atomic mass is 9.79. The normalized spacial score (nSPS) is 11.2. The Bertz CT molecular complexity index is 1530. The molecular weight excluding hydrogens is 417 g/mol. The SMILES string of the molecule is OB(O)c1ccccc1-n1c2ccc(-c3ccccc3)cc2c2cc(-c3ccccc3)ccc21. The molecule has 6 aromatic rings. The van der Waals surface area contributed by atoms with Crippen LogP contribution in [0.5, 0.6) is 0 Å². The Hall–Kier alpha value is -4.12. The zero-order valence-electron chi connectivity index (χ0n) is 18.5. The Morgan fingerprint density at radius 1 is 0.471 bits per heavy atom. The maximum absolute atomic E-state index is 10.1. The van der Waals surface area contributed by atoms with Gasteiger partial charge in [0.2, 0.25) is 0 Å². The van der Waals surface area contributed by atoms with Gasteiger partial charge in [0.25, 0.3) is 0 Å². The first-order valence-electron chi connectivity index (χ1n) is 11.4. The predicted octanol–water partition coefficient (Wildman–Crippen LogP) is 5.80. The fraction of sp³-hybridized carbons (Fsp3) is 0. The average molecular weight is 439 g/mol. The van der Waals surface area contributed by atoms with Crippen molar-refractivity contribution in [1.82, 2.24) is 4.57 Å². The smallest absolute Gasteiger partial charge is 0.423 e. The van der Waals surface area contributed by atoms with Gasteiger partial charge in [-0.15, -0.1) is 0 Å². The number of benzene rings is 5. The van der Waals surface area contributed by atoms with Crippen molar-refractivity contribution in [2.24, 2.45) is 0 Å². The summed E-state index contributed by atoms with van der Waals surface area (Å²) < 4.78 is 2.13. The van der Waals surface area contributed by atoms with E-state index in [1.165, 1.54) is 0 Å². The molecule has 0 saturated carbocycles. The fourth-order valence-corrected chi connectivity index (χ4v) is 4.81. The summed E-state index contributed by atoms with van der Waals surface area (Å²) in [4.78, 5) is 0. The second-order valence-electron chi connectivity index (χ2n) is 8.46. The highest BCUT2D eigenvalue weighted by atomic mass is 16.4. The molecule has 1 aromatic heterocycles. The third kappa shape index (κ3) is 3.41. The van der Waals surface area contributed by atoms with Crippen LogP contribution in [0.1, 0.15) is 0 Å². The summed E-state index contributed by atoms with van der Waals surface area (Å²) in [6.45, 7) is 0.